The fourth-order valence-corrected chi connectivity index (χ4v) is 4.86. The van der Waals surface area contributed by atoms with Crippen LogP contribution in [0.2, 0.25) is 0 Å². The second-order valence-electron chi connectivity index (χ2n) is 9.92. The van der Waals surface area contributed by atoms with Gasteiger partial charge >= 0.3 is 0 Å². The van der Waals surface area contributed by atoms with Crippen molar-refractivity contribution in [3.05, 3.63) is 66.4 Å². The maximum atomic E-state index is 12.9. The molecule has 0 unspecified atom stereocenters. The van der Waals surface area contributed by atoms with Gasteiger partial charge in [0.15, 0.2) is 17.3 Å². The number of aryl methyl sites for hydroxylation is 1. The van der Waals surface area contributed by atoms with Crippen LogP contribution in [0.4, 0.5) is 11.5 Å². The summed E-state index contributed by atoms with van der Waals surface area (Å²) in [5.41, 5.74) is 8.82. The highest BCUT2D eigenvalue weighted by Gasteiger charge is 2.20. The van der Waals surface area contributed by atoms with Crippen LogP contribution in [0.3, 0.4) is 0 Å². The zero-order valence-corrected chi connectivity index (χ0v) is 22.8. The van der Waals surface area contributed by atoms with Gasteiger partial charge in [0.2, 0.25) is 5.88 Å². The highest BCUT2D eigenvalue weighted by Crippen LogP contribution is 2.30. The molecule has 12 heteroatoms. The number of amides is 1. The molecular formula is C29H30N8O4. The van der Waals surface area contributed by atoms with Gasteiger partial charge in [-0.05, 0) is 73.5 Å². The second kappa shape index (κ2) is 11.3. The van der Waals surface area contributed by atoms with Gasteiger partial charge in [-0.2, -0.15) is 0 Å². The molecule has 12 nitrogen and oxygen atoms in total. The molecule has 0 saturated carbocycles. The van der Waals surface area contributed by atoms with E-state index in [9.17, 15) is 4.79 Å². The lowest BCUT2D eigenvalue weighted by Crippen LogP contribution is -2.35. The molecule has 0 spiro atoms. The summed E-state index contributed by atoms with van der Waals surface area (Å²) in [6, 6.07) is 16.2. The van der Waals surface area contributed by atoms with Crippen LogP contribution in [0.5, 0.6) is 17.4 Å². The molecule has 4 heterocycles. The van der Waals surface area contributed by atoms with E-state index >= 15 is 0 Å². The Bertz CT molecular complexity index is 1670. The lowest BCUT2D eigenvalue weighted by atomic mass is 10.1. The number of hydrogen-bond acceptors (Lipinski definition) is 10. The maximum Gasteiger partial charge on any atom is 0.255 e. The Morgan fingerprint density at radius 2 is 1.90 bits per heavy atom. The number of hydrogen-bond donors (Lipinski definition) is 2. The first kappa shape index (κ1) is 26.3. The lowest BCUT2D eigenvalue weighted by molar-refractivity contribution is 0.102. The molecule has 41 heavy (non-hydrogen) atoms. The molecule has 5 aromatic rings. The van der Waals surface area contributed by atoms with Gasteiger partial charge < -0.3 is 30.0 Å². The number of nitrogens with one attached hydrogen (secondary N) is 1. The van der Waals surface area contributed by atoms with E-state index in [1.807, 2.05) is 23.6 Å². The highest BCUT2D eigenvalue weighted by atomic mass is 16.6. The number of piperidine rings is 1. The van der Waals surface area contributed by atoms with E-state index in [4.69, 9.17) is 19.8 Å². The number of fused-ring (bicyclic) bond motifs is 1. The smallest absolute Gasteiger partial charge is 0.255 e. The van der Waals surface area contributed by atoms with Crippen molar-refractivity contribution in [1.82, 2.24) is 29.7 Å². The quantitative estimate of drug-likeness (QED) is 0.279. The number of nitrogen functional groups attached to an aromatic ring is 1. The number of nitrogens with two attached hydrogens (primary N) is 1. The van der Waals surface area contributed by atoms with Gasteiger partial charge in [-0.3, -0.25) is 4.79 Å². The van der Waals surface area contributed by atoms with Crippen molar-refractivity contribution in [3.8, 4) is 28.9 Å². The van der Waals surface area contributed by atoms with Crippen molar-refractivity contribution >= 4 is 28.4 Å². The zero-order chi connectivity index (χ0) is 28.3. The number of rotatable bonds is 8. The number of carbonyl (C=O) groups is 1. The summed E-state index contributed by atoms with van der Waals surface area (Å²) in [5.74, 6) is 2.13. The van der Waals surface area contributed by atoms with Crippen molar-refractivity contribution in [2.45, 2.75) is 32.4 Å². The van der Waals surface area contributed by atoms with Crippen LogP contribution in [-0.2, 0) is 6.54 Å². The second-order valence-corrected chi connectivity index (χ2v) is 9.92. The highest BCUT2D eigenvalue weighted by molar-refractivity contribution is 6.04. The third-order valence-electron chi connectivity index (χ3n) is 7.05. The molecule has 1 aliphatic heterocycles. The Labute approximate surface area is 236 Å². The summed E-state index contributed by atoms with van der Waals surface area (Å²) in [7, 11) is 2.12. The number of pyridine rings is 1. The lowest BCUT2D eigenvalue weighted by Gasteiger charge is -2.29. The predicted molar refractivity (Wildman–Crippen MR) is 153 cm³/mol. The molecule has 3 N–H and O–H groups in total. The van der Waals surface area contributed by atoms with Gasteiger partial charge in [0, 0.05) is 43.0 Å². The molecule has 0 bridgehead atoms. The van der Waals surface area contributed by atoms with E-state index in [1.165, 1.54) is 0 Å². The number of likely N-dealkylation sites (tertiary alicyclic amines) is 1. The van der Waals surface area contributed by atoms with Gasteiger partial charge in [0.05, 0.1) is 11.7 Å². The summed E-state index contributed by atoms with van der Waals surface area (Å²) in [6.45, 7) is 4.65. The standard InChI is InChI=1S/C29H30N8O4/c1-3-37-24-16-25(31-17-23(24)33-28(37)26-27(30)35-41-34-26)40-22-6-4-5-19(15-22)32-29(38)18-7-9-20(10-8-18)39-21-11-13-36(2)14-12-21/h4-10,15-17,21H,3,11-14H2,1-2H3,(H2,30,35)(H,32,38). The predicted octanol–water partition coefficient (Wildman–Crippen LogP) is 4.60. The van der Waals surface area contributed by atoms with Crippen molar-refractivity contribution in [3.63, 3.8) is 0 Å². The third-order valence-corrected chi connectivity index (χ3v) is 7.05. The zero-order valence-electron chi connectivity index (χ0n) is 22.8. The topological polar surface area (TPSA) is 146 Å². The van der Waals surface area contributed by atoms with E-state index in [2.05, 4.69) is 37.5 Å². The minimum Gasteiger partial charge on any atom is -0.490 e. The van der Waals surface area contributed by atoms with E-state index in [0.717, 1.165) is 37.2 Å². The van der Waals surface area contributed by atoms with Crippen LogP contribution >= 0.6 is 0 Å². The molecule has 210 valence electrons. The first-order valence-electron chi connectivity index (χ1n) is 13.5. The van der Waals surface area contributed by atoms with Gasteiger partial charge in [0.1, 0.15) is 23.1 Å². The molecule has 2 aromatic carbocycles. The molecule has 1 saturated heterocycles. The van der Waals surface area contributed by atoms with E-state index < -0.39 is 0 Å². The number of ether oxygens (including phenoxy) is 2. The van der Waals surface area contributed by atoms with Crippen LogP contribution in [0, 0.1) is 0 Å². The van der Waals surface area contributed by atoms with Gasteiger partial charge in [-0.1, -0.05) is 6.07 Å². The van der Waals surface area contributed by atoms with Crippen molar-refractivity contribution < 1.29 is 18.9 Å². The summed E-state index contributed by atoms with van der Waals surface area (Å²) in [6.07, 6.45) is 3.83. The van der Waals surface area contributed by atoms with E-state index in [0.29, 0.717) is 46.5 Å². The van der Waals surface area contributed by atoms with Crippen molar-refractivity contribution in [2.75, 3.05) is 31.2 Å². The van der Waals surface area contributed by atoms with Crippen LogP contribution in [-0.4, -0.2) is 61.9 Å². The van der Waals surface area contributed by atoms with Crippen LogP contribution < -0.4 is 20.5 Å². The van der Waals surface area contributed by atoms with Gasteiger partial charge in [-0.15, -0.1) is 0 Å². The molecule has 6 rings (SSSR count). The Morgan fingerprint density at radius 3 is 2.63 bits per heavy atom. The monoisotopic (exact) mass is 554 g/mol. The van der Waals surface area contributed by atoms with E-state index in [1.54, 1.807) is 48.7 Å². The Morgan fingerprint density at radius 1 is 1.10 bits per heavy atom. The minimum atomic E-state index is -0.228. The normalized spacial score (nSPS) is 14.3. The molecule has 1 fully saturated rings. The summed E-state index contributed by atoms with van der Waals surface area (Å²) in [5, 5.41) is 10.5. The minimum absolute atomic E-state index is 0.162. The molecule has 1 aliphatic rings. The Balaban J connectivity index is 1.13. The van der Waals surface area contributed by atoms with Crippen LogP contribution in [0.1, 0.15) is 30.1 Å². The molecular weight excluding hydrogens is 524 g/mol. The largest absolute Gasteiger partial charge is 0.490 e. The van der Waals surface area contributed by atoms with E-state index in [-0.39, 0.29) is 17.8 Å². The number of aromatic nitrogens is 5. The molecule has 1 amide bonds. The number of imidazole rings is 1. The third kappa shape index (κ3) is 5.68. The molecule has 0 atom stereocenters. The maximum absolute atomic E-state index is 12.9. The van der Waals surface area contributed by atoms with Crippen LogP contribution in [0.25, 0.3) is 22.6 Å². The van der Waals surface area contributed by atoms with Gasteiger partial charge in [-0.25, -0.2) is 14.6 Å². The summed E-state index contributed by atoms with van der Waals surface area (Å²) >= 11 is 0. The van der Waals surface area contributed by atoms with Crippen LogP contribution in [0.15, 0.2) is 65.4 Å². The number of carbonyl (C=O) groups excluding carboxylic acids is 1. The average Bonchev–Trinajstić information content (AvgIpc) is 3.57. The molecule has 0 aliphatic carbocycles. The van der Waals surface area contributed by atoms with Crippen molar-refractivity contribution in [1.29, 1.82) is 0 Å². The fraction of sp³-hybridized carbons (Fsp3) is 0.276. The molecule has 0 radical (unpaired) electrons. The van der Waals surface area contributed by atoms with Crippen molar-refractivity contribution in [2.24, 2.45) is 0 Å². The van der Waals surface area contributed by atoms with Gasteiger partial charge in [0.25, 0.3) is 5.91 Å². The first-order valence-corrected chi connectivity index (χ1v) is 13.5. The Hall–Kier alpha value is -4.97. The SMILES string of the molecule is CCn1c(-c2nonc2N)nc2cnc(Oc3cccc(NC(=O)c4ccc(OC5CCN(C)CC5)cc4)c3)cc21. The summed E-state index contributed by atoms with van der Waals surface area (Å²) < 4.78 is 18.8. The number of nitrogens with zero attached hydrogens (tertiary/aromatic N) is 6. The fourth-order valence-electron chi connectivity index (χ4n) is 4.86. The first-order chi connectivity index (χ1) is 20.0. The summed E-state index contributed by atoms with van der Waals surface area (Å²) in [4.78, 5) is 24.2. The molecule has 3 aromatic heterocycles. The number of anilines is 2. The average molecular weight is 555 g/mol. The number of benzene rings is 2. The Kier molecular flexibility index (Phi) is 7.21.